The molecule has 1 aliphatic heterocycles. The maximum Gasteiger partial charge on any atom is 0.412 e. The maximum atomic E-state index is 12.4. The molecular formula is C14H21N5O5. The topological polar surface area (TPSA) is 116 Å². The lowest BCUT2D eigenvalue weighted by Gasteiger charge is -2.33. The lowest BCUT2D eigenvalue weighted by atomic mass is 10.0. The lowest BCUT2D eigenvalue weighted by molar-refractivity contribution is -0.155. The number of amides is 2. The minimum atomic E-state index is -0.641. The highest BCUT2D eigenvalue weighted by Gasteiger charge is 2.33. The van der Waals surface area contributed by atoms with Gasteiger partial charge in [-0.2, -0.15) is 9.90 Å². The highest BCUT2D eigenvalue weighted by atomic mass is 16.5. The Morgan fingerprint density at radius 1 is 1.38 bits per heavy atom. The summed E-state index contributed by atoms with van der Waals surface area (Å²) in [5.74, 6) is -0.506. The molecule has 1 N–H and O–H groups in total. The van der Waals surface area contributed by atoms with E-state index in [1.165, 1.54) is 18.2 Å². The van der Waals surface area contributed by atoms with Gasteiger partial charge in [-0.25, -0.2) is 9.59 Å². The fraction of sp³-hybridized carbons (Fsp3) is 0.643. The highest BCUT2D eigenvalue weighted by Crippen LogP contribution is 2.18. The molecule has 0 bridgehead atoms. The van der Waals surface area contributed by atoms with Gasteiger partial charge in [0.2, 0.25) is 5.91 Å². The second-order valence-electron chi connectivity index (χ2n) is 5.23. The zero-order valence-electron chi connectivity index (χ0n) is 13.7. The van der Waals surface area contributed by atoms with Crippen LogP contribution in [0.4, 0.5) is 10.6 Å². The van der Waals surface area contributed by atoms with Crippen molar-refractivity contribution in [2.75, 3.05) is 25.6 Å². The maximum absolute atomic E-state index is 12.4. The number of carbonyl (C=O) groups is 3. The molecule has 10 nitrogen and oxygen atoms in total. The fourth-order valence-corrected chi connectivity index (χ4v) is 2.53. The predicted molar refractivity (Wildman–Crippen MR) is 82.0 cm³/mol. The summed E-state index contributed by atoms with van der Waals surface area (Å²) < 4.78 is 9.49. The van der Waals surface area contributed by atoms with Gasteiger partial charge in [0.25, 0.3) is 0 Å². The molecule has 1 aromatic heterocycles. The van der Waals surface area contributed by atoms with Crippen LogP contribution in [0.2, 0.25) is 0 Å². The summed E-state index contributed by atoms with van der Waals surface area (Å²) in [5, 5.41) is 10.3. The van der Waals surface area contributed by atoms with Crippen molar-refractivity contribution in [1.29, 1.82) is 0 Å². The van der Waals surface area contributed by atoms with E-state index in [0.29, 0.717) is 13.0 Å². The van der Waals surface area contributed by atoms with Crippen molar-refractivity contribution in [1.82, 2.24) is 19.9 Å². The van der Waals surface area contributed by atoms with Gasteiger partial charge in [0.1, 0.15) is 12.6 Å². The Bertz CT molecular complexity index is 602. The minimum Gasteiger partial charge on any atom is -0.467 e. The van der Waals surface area contributed by atoms with Crippen LogP contribution >= 0.6 is 0 Å². The summed E-state index contributed by atoms with van der Waals surface area (Å²) in [6.07, 6.45) is 2.97. The van der Waals surface area contributed by atoms with Gasteiger partial charge < -0.3 is 14.4 Å². The van der Waals surface area contributed by atoms with Gasteiger partial charge in [-0.15, -0.1) is 5.10 Å². The summed E-state index contributed by atoms with van der Waals surface area (Å²) >= 11 is 0. The van der Waals surface area contributed by atoms with Gasteiger partial charge >= 0.3 is 12.1 Å². The summed E-state index contributed by atoms with van der Waals surface area (Å²) in [6.45, 7) is 2.29. The van der Waals surface area contributed by atoms with E-state index >= 15 is 0 Å². The van der Waals surface area contributed by atoms with E-state index in [4.69, 9.17) is 9.47 Å². The number of methoxy groups -OCH3 is 1. The molecule has 0 aliphatic carbocycles. The molecule has 1 atom stereocenters. The van der Waals surface area contributed by atoms with Crippen molar-refractivity contribution in [3.63, 3.8) is 0 Å². The molecule has 1 unspecified atom stereocenters. The third-order valence-corrected chi connectivity index (χ3v) is 3.62. The summed E-state index contributed by atoms with van der Waals surface area (Å²) in [7, 11) is 1.31. The Morgan fingerprint density at radius 2 is 2.17 bits per heavy atom. The molecule has 1 saturated heterocycles. The molecule has 1 fully saturated rings. The number of aromatic nitrogens is 3. The van der Waals surface area contributed by atoms with E-state index in [9.17, 15) is 14.4 Å². The zero-order chi connectivity index (χ0) is 17.5. The fourth-order valence-electron chi connectivity index (χ4n) is 2.53. The van der Waals surface area contributed by atoms with Crippen LogP contribution in [0, 0.1) is 0 Å². The minimum absolute atomic E-state index is 0.127. The molecule has 1 aliphatic rings. The quantitative estimate of drug-likeness (QED) is 0.772. The number of hydrogen-bond donors (Lipinski definition) is 1. The molecule has 0 spiro atoms. The summed E-state index contributed by atoms with van der Waals surface area (Å²) in [4.78, 5) is 38.2. The van der Waals surface area contributed by atoms with Crippen LogP contribution in [0.1, 0.15) is 26.2 Å². The Labute approximate surface area is 139 Å². The second-order valence-corrected chi connectivity index (χ2v) is 5.23. The van der Waals surface area contributed by atoms with Crippen molar-refractivity contribution < 1.29 is 23.9 Å². The van der Waals surface area contributed by atoms with Crippen molar-refractivity contribution >= 4 is 23.8 Å². The van der Waals surface area contributed by atoms with E-state index in [2.05, 4.69) is 15.5 Å². The number of piperidine rings is 1. The number of anilines is 1. The van der Waals surface area contributed by atoms with E-state index < -0.39 is 18.1 Å². The average molecular weight is 339 g/mol. The molecular weight excluding hydrogens is 318 g/mol. The van der Waals surface area contributed by atoms with Crippen molar-refractivity contribution in [2.24, 2.45) is 0 Å². The van der Waals surface area contributed by atoms with Crippen LogP contribution in [0.15, 0.2) is 6.20 Å². The van der Waals surface area contributed by atoms with Crippen LogP contribution in [0.25, 0.3) is 0 Å². The Morgan fingerprint density at radius 3 is 2.88 bits per heavy atom. The number of nitrogens with one attached hydrogen (secondary N) is 1. The first-order valence-corrected chi connectivity index (χ1v) is 7.76. The largest absolute Gasteiger partial charge is 0.467 e. The van der Waals surface area contributed by atoms with E-state index in [-0.39, 0.29) is 24.9 Å². The van der Waals surface area contributed by atoms with Gasteiger partial charge in [-0.1, -0.05) is 0 Å². The van der Waals surface area contributed by atoms with Crippen LogP contribution in [-0.4, -0.2) is 64.2 Å². The first-order chi connectivity index (χ1) is 11.5. The first-order valence-electron chi connectivity index (χ1n) is 7.76. The van der Waals surface area contributed by atoms with E-state index in [1.807, 2.05) is 0 Å². The normalized spacial score (nSPS) is 17.2. The monoisotopic (exact) mass is 339 g/mol. The molecule has 0 radical (unpaired) electrons. The van der Waals surface area contributed by atoms with Gasteiger partial charge in [0, 0.05) is 6.54 Å². The molecule has 2 heterocycles. The third-order valence-electron chi connectivity index (χ3n) is 3.62. The summed E-state index contributed by atoms with van der Waals surface area (Å²) in [6, 6.07) is -0.566. The number of carbonyl (C=O) groups excluding carboxylic acids is 3. The average Bonchev–Trinajstić information content (AvgIpc) is 3.01. The SMILES string of the molecule is CCOC(=O)Nc1cnn(CC(=O)N2CCCCC2C(=O)OC)n1. The molecule has 132 valence electrons. The van der Waals surface area contributed by atoms with Crippen LogP contribution < -0.4 is 5.32 Å². The van der Waals surface area contributed by atoms with E-state index in [1.54, 1.807) is 6.92 Å². The summed E-state index contributed by atoms with van der Waals surface area (Å²) in [5.41, 5.74) is 0. The lowest BCUT2D eigenvalue weighted by Crippen LogP contribution is -2.49. The molecule has 1 aromatic rings. The highest BCUT2D eigenvalue weighted by molar-refractivity contribution is 5.85. The van der Waals surface area contributed by atoms with Crippen molar-refractivity contribution in [3.05, 3.63) is 6.20 Å². The van der Waals surface area contributed by atoms with Gasteiger partial charge in [-0.05, 0) is 26.2 Å². The Kier molecular flexibility index (Phi) is 6.10. The standard InChI is InChI=1S/C14H21N5O5/c1-3-24-14(22)16-11-8-15-19(17-11)9-12(20)18-7-5-4-6-10(18)13(21)23-2/h8,10H,3-7,9H2,1-2H3,(H,16,17,22). The Balaban J connectivity index is 1.97. The van der Waals surface area contributed by atoms with Crippen molar-refractivity contribution in [3.8, 4) is 0 Å². The second kappa shape index (κ2) is 8.27. The van der Waals surface area contributed by atoms with Crippen LogP contribution in [-0.2, 0) is 25.6 Å². The van der Waals surface area contributed by atoms with Gasteiger partial charge in [0.05, 0.1) is 19.9 Å². The van der Waals surface area contributed by atoms with Crippen LogP contribution in [0.3, 0.4) is 0 Å². The molecule has 2 rings (SSSR count). The molecule has 10 heteroatoms. The first kappa shape index (κ1) is 17.7. The molecule has 0 aromatic carbocycles. The number of likely N-dealkylation sites (tertiary alicyclic amines) is 1. The van der Waals surface area contributed by atoms with Crippen molar-refractivity contribution in [2.45, 2.75) is 38.8 Å². The van der Waals surface area contributed by atoms with Gasteiger partial charge in [0.15, 0.2) is 5.82 Å². The third kappa shape index (κ3) is 4.43. The number of rotatable bonds is 5. The van der Waals surface area contributed by atoms with E-state index in [0.717, 1.165) is 17.6 Å². The smallest absolute Gasteiger partial charge is 0.412 e. The van der Waals surface area contributed by atoms with Crippen LogP contribution in [0.5, 0.6) is 0 Å². The molecule has 24 heavy (non-hydrogen) atoms. The molecule has 2 amide bonds. The molecule has 0 saturated carbocycles. The number of ether oxygens (including phenoxy) is 2. The number of nitrogens with zero attached hydrogens (tertiary/aromatic N) is 4. The zero-order valence-corrected chi connectivity index (χ0v) is 13.7. The predicted octanol–water partition coefficient (Wildman–Crippen LogP) is 0.401. The van der Waals surface area contributed by atoms with Gasteiger partial charge in [-0.3, -0.25) is 10.1 Å². The number of hydrogen-bond acceptors (Lipinski definition) is 7. The Hall–Kier alpha value is -2.65. The number of esters is 1.